The second-order valence-corrected chi connectivity index (χ2v) is 4.51. The summed E-state index contributed by atoms with van der Waals surface area (Å²) in [4.78, 5) is 3.27. The van der Waals surface area contributed by atoms with Crippen molar-refractivity contribution in [1.29, 1.82) is 0 Å². The van der Waals surface area contributed by atoms with Crippen LogP contribution in [-0.2, 0) is 12.7 Å². The minimum atomic E-state index is -4.51. The van der Waals surface area contributed by atoms with Crippen LogP contribution in [0.25, 0.3) is 0 Å². The van der Waals surface area contributed by atoms with Crippen molar-refractivity contribution in [3.05, 3.63) is 52.8 Å². The Morgan fingerprint density at radius 2 is 1.95 bits per heavy atom. The van der Waals surface area contributed by atoms with Gasteiger partial charge in [0.25, 0.3) is 0 Å². The van der Waals surface area contributed by atoms with Crippen LogP contribution in [-0.4, -0.2) is 4.98 Å². The number of benzene rings is 1. The van der Waals surface area contributed by atoms with Crippen LogP contribution in [0.5, 0.6) is 0 Å². The maximum Gasteiger partial charge on any atom is 0.433 e. The molecule has 0 radical (unpaired) electrons. The largest absolute Gasteiger partial charge is 0.433 e. The van der Waals surface area contributed by atoms with Crippen molar-refractivity contribution in [3.63, 3.8) is 0 Å². The van der Waals surface area contributed by atoms with Gasteiger partial charge < -0.3 is 11.1 Å². The number of nitrogens with zero attached hydrogens (tertiary/aromatic N) is 1. The Morgan fingerprint density at radius 3 is 2.60 bits per heavy atom. The Hall–Kier alpha value is -1.95. The Labute approximate surface area is 118 Å². The molecule has 106 valence electrons. The van der Waals surface area contributed by atoms with Gasteiger partial charge in [0, 0.05) is 11.6 Å². The maximum absolute atomic E-state index is 12.6. The Morgan fingerprint density at radius 1 is 1.25 bits per heavy atom. The van der Waals surface area contributed by atoms with Crippen LogP contribution in [0.3, 0.4) is 0 Å². The van der Waals surface area contributed by atoms with E-state index in [9.17, 15) is 13.2 Å². The van der Waals surface area contributed by atoms with Gasteiger partial charge in [0.05, 0.1) is 17.6 Å². The van der Waals surface area contributed by atoms with Crippen LogP contribution in [0, 0.1) is 0 Å². The number of aromatic nitrogens is 1. The lowest BCUT2D eigenvalue weighted by atomic mass is 10.2. The first kappa shape index (κ1) is 14.5. The molecular weight excluding hydrogens is 291 g/mol. The summed E-state index contributed by atoms with van der Waals surface area (Å²) >= 11 is 5.97. The van der Waals surface area contributed by atoms with Gasteiger partial charge >= 0.3 is 6.18 Å². The number of nitrogens with one attached hydrogen (secondary N) is 1. The van der Waals surface area contributed by atoms with Crippen LogP contribution >= 0.6 is 11.6 Å². The van der Waals surface area contributed by atoms with Crippen molar-refractivity contribution >= 4 is 23.0 Å². The molecule has 0 bridgehead atoms. The Balaban J connectivity index is 2.19. The maximum atomic E-state index is 12.6. The van der Waals surface area contributed by atoms with Crippen molar-refractivity contribution in [1.82, 2.24) is 4.98 Å². The van der Waals surface area contributed by atoms with E-state index < -0.39 is 11.9 Å². The number of pyridine rings is 1. The lowest BCUT2D eigenvalue weighted by molar-refractivity contribution is -0.141. The summed E-state index contributed by atoms with van der Waals surface area (Å²) in [5.74, 6) is 0. The van der Waals surface area contributed by atoms with Gasteiger partial charge in [0.15, 0.2) is 0 Å². The molecule has 0 fully saturated rings. The zero-order valence-electron chi connectivity index (χ0n) is 10.2. The van der Waals surface area contributed by atoms with E-state index in [1.807, 2.05) is 0 Å². The zero-order valence-corrected chi connectivity index (χ0v) is 11.0. The fourth-order valence-electron chi connectivity index (χ4n) is 1.61. The van der Waals surface area contributed by atoms with E-state index in [1.165, 1.54) is 0 Å². The van der Waals surface area contributed by atoms with Gasteiger partial charge in [-0.25, -0.2) is 4.98 Å². The van der Waals surface area contributed by atoms with Gasteiger partial charge in [-0.2, -0.15) is 13.2 Å². The number of alkyl halides is 3. The summed E-state index contributed by atoms with van der Waals surface area (Å²) in [7, 11) is 0. The molecular formula is C13H11ClF3N3. The molecule has 7 heteroatoms. The summed E-state index contributed by atoms with van der Waals surface area (Å²) < 4.78 is 37.7. The van der Waals surface area contributed by atoms with E-state index in [-0.39, 0.29) is 17.9 Å². The van der Waals surface area contributed by atoms with E-state index in [1.54, 1.807) is 24.3 Å². The molecule has 3 N–H and O–H groups in total. The average Bonchev–Trinajstić information content (AvgIpc) is 2.38. The molecule has 0 aliphatic heterocycles. The van der Waals surface area contributed by atoms with Gasteiger partial charge in [-0.1, -0.05) is 29.8 Å². The first-order chi connectivity index (χ1) is 9.38. The summed E-state index contributed by atoms with van der Waals surface area (Å²) in [5, 5.41) is 3.36. The smallest absolute Gasteiger partial charge is 0.396 e. The predicted octanol–water partition coefficient (Wildman–Crippen LogP) is 3.95. The average molecular weight is 302 g/mol. The van der Waals surface area contributed by atoms with Crippen LogP contribution < -0.4 is 11.1 Å². The molecule has 0 unspecified atom stereocenters. The quantitative estimate of drug-likeness (QED) is 0.902. The molecule has 1 aromatic heterocycles. The lowest BCUT2D eigenvalue weighted by Crippen LogP contribution is -2.11. The van der Waals surface area contributed by atoms with E-state index >= 15 is 0 Å². The van der Waals surface area contributed by atoms with Gasteiger partial charge in [-0.15, -0.1) is 0 Å². The molecule has 0 aliphatic carbocycles. The first-order valence-electron chi connectivity index (χ1n) is 5.68. The summed E-state index contributed by atoms with van der Waals surface area (Å²) in [6.07, 6.45) is -3.52. The third kappa shape index (κ3) is 3.33. The SMILES string of the molecule is Nc1cnc(C(F)(F)F)cc1NCc1ccccc1Cl. The predicted molar refractivity (Wildman–Crippen MR) is 72.4 cm³/mol. The zero-order chi connectivity index (χ0) is 14.8. The van der Waals surface area contributed by atoms with Gasteiger partial charge in [-0.05, 0) is 17.7 Å². The monoisotopic (exact) mass is 301 g/mol. The molecule has 0 spiro atoms. The fraction of sp³-hybridized carbons (Fsp3) is 0.154. The molecule has 1 aromatic carbocycles. The van der Waals surface area contributed by atoms with Crippen molar-refractivity contribution in [2.75, 3.05) is 11.1 Å². The van der Waals surface area contributed by atoms with Crippen molar-refractivity contribution in [3.8, 4) is 0 Å². The second kappa shape index (κ2) is 5.58. The minimum absolute atomic E-state index is 0.144. The number of anilines is 2. The first-order valence-corrected chi connectivity index (χ1v) is 6.05. The highest BCUT2D eigenvalue weighted by Gasteiger charge is 2.32. The van der Waals surface area contributed by atoms with Crippen LogP contribution in [0.4, 0.5) is 24.5 Å². The standard InChI is InChI=1S/C13H11ClF3N3/c14-9-4-2-1-3-8(9)6-19-11-5-12(13(15,16)17)20-7-10(11)18/h1-5,7H,6,18H2,(H,19,20). The highest BCUT2D eigenvalue weighted by molar-refractivity contribution is 6.31. The summed E-state index contributed by atoms with van der Waals surface area (Å²) in [6, 6.07) is 7.92. The summed E-state index contributed by atoms with van der Waals surface area (Å²) in [6.45, 7) is 0.269. The normalized spacial score (nSPS) is 11.4. The number of nitrogens with two attached hydrogens (primary N) is 1. The molecule has 3 nitrogen and oxygen atoms in total. The molecule has 0 aliphatic rings. The molecule has 0 saturated heterocycles. The van der Waals surface area contributed by atoms with Crippen molar-refractivity contribution in [2.45, 2.75) is 12.7 Å². The van der Waals surface area contributed by atoms with Crippen LogP contribution in [0.2, 0.25) is 5.02 Å². The number of hydrogen-bond donors (Lipinski definition) is 2. The molecule has 1 heterocycles. The van der Waals surface area contributed by atoms with Crippen LogP contribution in [0.15, 0.2) is 36.5 Å². The highest BCUT2D eigenvalue weighted by Crippen LogP contribution is 2.31. The molecule has 0 amide bonds. The van der Waals surface area contributed by atoms with Crippen molar-refractivity contribution in [2.24, 2.45) is 0 Å². The lowest BCUT2D eigenvalue weighted by Gasteiger charge is -2.13. The van der Waals surface area contributed by atoms with Gasteiger partial charge in [0.1, 0.15) is 5.69 Å². The highest BCUT2D eigenvalue weighted by atomic mass is 35.5. The minimum Gasteiger partial charge on any atom is -0.396 e. The van der Waals surface area contributed by atoms with Crippen LogP contribution in [0.1, 0.15) is 11.3 Å². The van der Waals surface area contributed by atoms with E-state index in [2.05, 4.69) is 10.3 Å². The fourth-order valence-corrected chi connectivity index (χ4v) is 1.81. The number of hydrogen-bond acceptors (Lipinski definition) is 3. The number of nitrogen functional groups attached to an aromatic ring is 1. The van der Waals surface area contributed by atoms with E-state index in [4.69, 9.17) is 17.3 Å². The molecule has 0 atom stereocenters. The Kier molecular flexibility index (Phi) is 4.04. The van der Waals surface area contributed by atoms with E-state index in [0.717, 1.165) is 17.8 Å². The molecule has 2 rings (SSSR count). The van der Waals surface area contributed by atoms with Crippen molar-refractivity contribution < 1.29 is 13.2 Å². The topological polar surface area (TPSA) is 50.9 Å². The van der Waals surface area contributed by atoms with Gasteiger partial charge in [-0.3, -0.25) is 0 Å². The number of halogens is 4. The van der Waals surface area contributed by atoms with E-state index in [0.29, 0.717) is 5.02 Å². The second-order valence-electron chi connectivity index (χ2n) is 4.10. The molecule has 20 heavy (non-hydrogen) atoms. The third-order valence-electron chi connectivity index (χ3n) is 2.65. The summed E-state index contributed by atoms with van der Waals surface area (Å²) in [5.41, 5.74) is 5.70. The Bertz CT molecular complexity index is 614. The third-order valence-corrected chi connectivity index (χ3v) is 3.02. The number of rotatable bonds is 3. The van der Waals surface area contributed by atoms with Gasteiger partial charge in [0.2, 0.25) is 0 Å². The molecule has 0 saturated carbocycles. The molecule has 2 aromatic rings.